The minimum atomic E-state index is -0.904. The average Bonchev–Trinajstić information content (AvgIpc) is 2.62. The van der Waals surface area contributed by atoms with E-state index in [-0.39, 0.29) is 0 Å². The van der Waals surface area contributed by atoms with Gasteiger partial charge in [-0.05, 0) is 43.1 Å². The first-order chi connectivity index (χ1) is 7.63. The second-order valence-corrected chi connectivity index (χ2v) is 4.71. The molecule has 1 heterocycles. The predicted molar refractivity (Wildman–Crippen MR) is 67.6 cm³/mol. The Morgan fingerprint density at radius 3 is 3.00 bits per heavy atom. The summed E-state index contributed by atoms with van der Waals surface area (Å²) >= 11 is 1.67. The largest absolute Gasteiger partial charge is 0.478 e. The fraction of sp³-hybridized carbons (Fsp3) is 0.417. The smallest absolute Gasteiger partial charge is 0.328 e. The summed E-state index contributed by atoms with van der Waals surface area (Å²) < 4.78 is 0. The van der Waals surface area contributed by atoms with Gasteiger partial charge in [-0.3, -0.25) is 0 Å². The lowest BCUT2D eigenvalue weighted by Gasteiger charge is -2.14. The van der Waals surface area contributed by atoms with Crippen molar-refractivity contribution in [2.45, 2.75) is 19.9 Å². The number of thiophene rings is 1. The zero-order valence-corrected chi connectivity index (χ0v) is 10.5. The molecule has 4 heteroatoms. The first-order valence-electron chi connectivity index (χ1n) is 5.29. The summed E-state index contributed by atoms with van der Waals surface area (Å²) in [6.07, 6.45) is 3.97. The molecule has 88 valence electrons. The normalized spacial score (nSPS) is 11.4. The monoisotopic (exact) mass is 239 g/mol. The van der Waals surface area contributed by atoms with Crippen LogP contribution in [-0.4, -0.2) is 29.6 Å². The molecule has 0 saturated heterocycles. The minimum absolute atomic E-state index is 0.880. The van der Waals surface area contributed by atoms with E-state index in [1.165, 1.54) is 11.0 Å². The molecule has 0 bridgehead atoms. The molecule has 1 rings (SSSR count). The van der Waals surface area contributed by atoms with Gasteiger partial charge in [0.15, 0.2) is 0 Å². The van der Waals surface area contributed by atoms with E-state index in [1.54, 1.807) is 17.4 Å². The number of carbonyl (C=O) groups is 1. The lowest BCUT2D eigenvalue weighted by atomic mass is 10.2. The Kier molecular flexibility index (Phi) is 5.22. The average molecular weight is 239 g/mol. The highest BCUT2D eigenvalue weighted by molar-refractivity contribution is 7.10. The van der Waals surface area contributed by atoms with Gasteiger partial charge in [0.1, 0.15) is 0 Å². The van der Waals surface area contributed by atoms with Gasteiger partial charge in [0.25, 0.3) is 0 Å². The molecule has 1 aromatic heterocycles. The Balaban J connectivity index is 2.67. The van der Waals surface area contributed by atoms with Crippen molar-refractivity contribution in [3.05, 3.63) is 28.0 Å². The van der Waals surface area contributed by atoms with Crippen molar-refractivity contribution in [1.82, 2.24) is 4.90 Å². The Morgan fingerprint density at radius 2 is 2.38 bits per heavy atom. The molecule has 0 saturated carbocycles. The van der Waals surface area contributed by atoms with Gasteiger partial charge < -0.3 is 10.0 Å². The van der Waals surface area contributed by atoms with Gasteiger partial charge in [-0.2, -0.15) is 0 Å². The van der Waals surface area contributed by atoms with E-state index in [2.05, 4.69) is 18.9 Å². The summed E-state index contributed by atoms with van der Waals surface area (Å²) in [7, 11) is 2.08. The summed E-state index contributed by atoms with van der Waals surface area (Å²) in [4.78, 5) is 13.9. The molecule has 0 spiro atoms. The molecule has 0 aliphatic rings. The summed E-state index contributed by atoms with van der Waals surface area (Å²) in [6.45, 7) is 4.08. The zero-order valence-electron chi connectivity index (χ0n) is 9.64. The van der Waals surface area contributed by atoms with Gasteiger partial charge in [-0.15, -0.1) is 11.3 Å². The van der Waals surface area contributed by atoms with Crippen molar-refractivity contribution >= 4 is 23.4 Å². The summed E-state index contributed by atoms with van der Waals surface area (Å²) in [5.41, 5.74) is 1.01. The Hall–Kier alpha value is -1.13. The Bertz CT molecular complexity index is 371. The number of rotatable bonds is 6. The van der Waals surface area contributed by atoms with E-state index in [0.717, 1.165) is 25.1 Å². The molecule has 3 nitrogen and oxygen atoms in total. The quantitative estimate of drug-likeness (QED) is 0.776. The number of carboxylic acids is 1. The van der Waals surface area contributed by atoms with E-state index in [9.17, 15) is 4.79 Å². The maximum atomic E-state index is 10.4. The third kappa shape index (κ3) is 4.16. The third-order valence-electron chi connectivity index (χ3n) is 2.20. The second kappa shape index (κ2) is 6.45. The van der Waals surface area contributed by atoms with Crippen molar-refractivity contribution in [2.75, 3.05) is 13.6 Å². The van der Waals surface area contributed by atoms with Gasteiger partial charge in [0.05, 0.1) is 0 Å². The minimum Gasteiger partial charge on any atom is -0.478 e. The molecule has 0 radical (unpaired) electrons. The van der Waals surface area contributed by atoms with Crippen molar-refractivity contribution in [3.63, 3.8) is 0 Å². The van der Waals surface area contributed by atoms with Gasteiger partial charge in [-0.1, -0.05) is 6.92 Å². The second-order valence-electron chi connectivity index (χ2n) is 3.71. The predicted octanol–water partition coefficient (Wildman–Crippen LogP) is 2.69. The van der Waals surface area contributed by atoms with Gasteiger partial charge in [0, 0.05) is 17.5 Å². The van der Waals surface area contributed by atoms with E-state index in [1.807, 2.05) is 11.4 Å². The van der Waals surface area contributed by atoms with Gasteiger partial charge >= 0.3 is 5.97 Å². The molecule has 0 aliphatic carbocycles. The molecule has 0 aromatic carbocycles. The Labute approximate surface area is 100 Å². The van der Waals surface area contributed by atoms with Crippen molar-refractivity contribution < 1.29 is 9.90 Å². The number of nitrogens with zero attached hydrogens (tertiary/aromatic N) is 1. The maximum absolute atomic E-state index is 10.4. The van der Waals surface area contributed by atoms with Gasteiger partial charge in [0.2, 0.25) is 0 Å². The molecule has 1 aromatic rings. The molecule has 0 unspecified atom stereocenters. The third-order valence-corrected chi connectivity index (χ3v) is 3.13. The highest BCUT2D eigenvalue weighted by atomic mass is 32.1. The van der Waals surface area contributed by atoms with E-state index < -0.39 is 5.97 Å². The topological polar surface area (TPSA) is 40.5 Å². The van der Waals surface area contributed by atoms with Crippen molar-refractivity contribution in [1.29, 1.82) is 0 Å². The molecule has 0 atom stereocenters. The fourth-order valence-electron chi connectivity index (χ4n) is 1.49. The zero-order chi connectivity index (χ0) is 12.0. The molecular weight excluding hydrogens is 222 g/mol. The van der Waals surface area contributed by atoms with Crippen LogP contribution in [0.25, 0.3) is 6.08 Å². The maximum Gasteiger partial charge on any atom is 0.328 e. The number of aliphatic carboxylic acids is 1. The van der Waals surface area contributed by atoms with Crippen LogP contribution in [0.15, 0.2) is 17.5 Å². The van der Waals surface area contributed by atoms with Crippen LogP contribution in [0.5, 0.6) is 0 Å². The molecule has 0 aliphatic heterocycles. The SMILES string of the molecule is CCCN(C)Cc1sccc1C=CC(=O)O. The van der Waals surface area contributed by atoms with Crippen LogP contribution in [0.2, 0.25) is 0 Å². The van der Waals surface area contributed by atoms with Crippen LogP contribution < -0.4 is 0 Å². The van der Waals surface area contributed by atoms with Crippen LogP contribution in [0.3, 0.4) is 0 Å². The Morgan fingerprint density at radius 1 is 1.62 bits per heavy atom. The van der Waals surface area contributed by atoms with E-state index >= 15 is 0 Å². The van der Waals surface area contributed by atoms with Crippen molar-refractivity contribution in [3.8, 4) is 0 Å². The van der Waals surface area contributed by atoms with E-state index in [0.29, 0.717) is 0 Å². The van der Waals surface area contributed by atoms with Gasteiger partial charge in [-0.25, -0.2) is 4.79 Å². The number of hydrogen-bond donors (Lipinski definition) is 1. The summed E-state index contributed by atoms with van der Waals surface area (Å²) in [5, 5.41) is 10.6. The fourth-order valence-corrected chi connectivity index (χ4v) is 2.44. The standard InChI is InChI=1S/C12H17NO2S/c1-3-7-13(2)9-11-10(6-8-16-11)4-5-12(14)15/h4-6,8H,3,7,9H2,1-2H3,(H,14,15). The van der Waals surface area contributed by atoms with Crippen LogP contribution in [0.1, 0.15) is 23.8 Å². The van der Waals surface area contributed by atoms with Crippen LogP contribution in [0.4, 0.5) is 0 Å². The highest BCUT2D eigenvalue weighted by Gasteiger charge is 2.05. The lowest BCUT2D eigenvalue weighted by molar-refractivity contribution is -0.131. The highest BCUT2D eigenvalue weighted by Crippen LogP contribution is 2.19. The molecule has 16 heavy (non-hydrogen) atoms. The molecule has 1 N–H and O–H groups in total. The van der Waals surface area contributed by atoms with Crippen molar-refractivity contribution in [2.24, 2.45) is 0 Å². The molecule has 0 fully saturated rings. The first kappa shape index (κ1) is 12.9. The summed E-state index contributed by atoms with van der Waals surface area (Å²) in [6, 6.07) is 1.96. The van der Waals surface area contributed by atoms with E-state index in [4.69, 9.17) is 5.11 Å². The lowest BCUT2D eigenvalue weighted by Crippen LogP contribution is -2.18. The first-order valence-corrected chi connectivity index (χ1v) is 6.17. The van der Waals surface area contributed by atoms with Crippen LogP contribution in [-0.2, 0) is 11.3 Å². The van der Waals surface area contributed by atoms with Crippen LogP contribution >= 0.6 is 11.3 Å². The number of carboxylic acid groups (broad SMARTS) is 1. The molecular formula is C12H17NO2S. The van der Waals surface area contributed by atoms with Crippen LogP contribution in [0, 0.1) is 0 Å². The number of hydrogen-bond acceptors (Lipinski definition) is 3. The molecule has 0 amide bonds. The summed E-state index contributed by atoms with van der Waals surface area (Å²) in [5.74, 6) is -0.904.